The number of ether oxygens (including phenoxy) is 1. The van der Waals surface area contributed by atoms with Crippen molar-refractivity contribution in [3.05, 3.63) is 12.1 Å². The summed E-state index contributed by atoms with van der Waals surface area (Å²) in [6.07, 6.45) is 0. The first kappa shape index (κ1) is 10.6. The Bertz CT molecular complexity index is 453. The second-order valence-electron chi connectivity index (χ2n) is 2.54. The number of anilines is 1. The minimum Gasteiger partial charge on any atom is -0.504 e. The average Bonchev–Trinajstić information content (AvgIpc) is 2.07. The van der Waals surface area contributed by atoms with Crippen LogP contribution >= 0.6 is 0 Å². The van der Waals surface area contributed by atoms with Crippen LogP contribution in [0, 0.1) is 0 Å². The van der Waals surface area contributed by atoms with Crippen LogP contribution in [0.15, 0.2) is 17.0 Å². The predicted molar refractivity (Wildman–Crippen MR) is 48.9 cm³/mol. The van der Waals surface area contributed by atoms with Crippen LogP contribution in [-0.4, -0.2) is 25.2 Å². The Kier molecular flexibility index (Phi) is 2.54. The van der Waals surface area contributed by atoms with Crippen LogP contribution in [0.1, 0.15) is 0 Å². The molecular formula is C7H9NO5S. The predicted octanol–water partition coefficient (Wildman–Crippen LogP) is 0.230. The van der Waals surface area contributed by atoms with E-state index in [1.165, 1.54) is 13.2 Å². The minimum absolute atomic E-state index is 0.132. The monoisotopic (exact) mass is 219 g/mol. The number of rotatable bonds is 2. The minimum atomic E-state index is -4.50. The summed E-state index contributed by atoms with van der Waals surface area (Å²) in [5.74, 6) is -0.554. The smallest absolute Gasteiger partial charge is 0.298 e. The van der Waals surface area contributed by atoms with E-state index in [1.807, 2.05) is 0 Å². The van der Waals surface area contributed by atoms with E-state index in [1.54, 1.807) is 0 Å². The number of methoxy groups -OCH3 is 1. The summed E-state index contributed by atoms with van der Waals surface area (Å²) in [7, 11) is -3.19. The summed E-state index contributed by atoms with van der Waals surface area (Å²) in [4.78, 5) is -0.672. The van der Waals surface area contributed by atoms with Crippen molar-refractivity contribution in [2.45, 2.75) is 4.90 Å². The molecule has 1 aromatic rings. The Balaban J connectivity index is 3.51. The lowest BCUT2D eigenvalue weighted by molar-refractivity contribution is 0.406. The highest BCUT2D eigenvalue weighted by atomic mass is 32.2. The number of nitrogens with two attached hydrogens (primary N) is 1. The number of phenols is 1. The third-order valence-electron chi connectivity index (χ3n) is 1.59. The number of phenolic OH excluding ortho intramolecular Hbond substituents is 1. The van der Waals surface area contributed by atoms with Crippen molar-refractivity contribution in [3.63, 3.8) is 0 Å². The molecule has 0 radical (unpaired) electrons. The van der Waals surface area contributed by atoms with Crippen molar-refractivity contribution in [3.8, 4) is 11.5 Å². The summed E-state index contributed by atoms with van der Waals surface area (Å²) in [6.45, 7) is 0. The summed E-state index contributed by atoms with van der Waals surface area (Å²) in [6, 6.07) is 2.21. The van der Waals surface area contributed by atoms with Crippen molar-refractivity contribution in [1.82, 2.24) is 0 Å². The molecule has 0 fully saturated rings. The van der Waals surface area contributed by atoms with Crippen molar-refractivity contribution >= 4 is 15.8 Å². The molecule has 0 amide bonds. The lowest BCUT2D eigenvalue weighted by Gasteiger charge is -2.07. The molecule has 0 aliphatic rings. The van der Waals surface area contributed by atoms with E-state index in [-0.39, 0.29) is 11.4 Å². The second kappa shape index (κ2) is 3.35. The van der Waals surface area contributed by atoms with E-state index in [9.17, 15) is 13.5 Å². The molecule has 0 saturated heterocycles. The van der Waals surface area contributed by atoms with Gasteiger partial charge in [-0.2, -0.15) is 8.42 Å². The molecule has 4 N–H and O–H groups in total. The van der Waals surface area contributed by atoms with Gasteiger partial charge in [0.05, 0.1) is 12.8 Å². The third-order valence-corrected chi connectivity index (χ3v) is 2.46. The number of benzene rings is 1. The van der Waals surface area contributed by atoms with Gasteiger partial charge in [-0.1, -0.05) is 0 Å². The van der Waals surface area contributed by atoms with Crippen LogP contribution in [0.3, 0.4) is 0 Å². The number of aromatic hydroxyl groups is 1. The first-order valence-corrected chi connectivity index (χ1v) is 4.94. The zero-order chi connectivity index (χ0) is 10.9. The normalized spacial score (nSPS) is 11.3. The maximum atomic E-state index is 10.8. The number of hydrogen-bond donors (Lipinski definition) is 3. The van der Waals surface area contributed by atoms with Crippen molar-refractivity contribution < 1.29 is 22.8 Å². The van der Waals surface area contributed by atoms with Crippen LogP contribution in [0.25, 0.3) is 0 Å². The standard InChI is InChI=1S/C7H9NO5S/c1-13-4-2-5(8)7(9)6(3-4)14(10,11)12/h2-3,9H,8H2,1H3,(H,10,11,12). The lowest BCUT2D eigenvalue weighted by atomic mass is 10.3. The summed E-state index contributed by atoms with van der Waals surface area (Å²) >= 11 is 0. The van der Waals surface area contributed by atoms with Crippen LogP contribution in [0.5, 0.6) is 11.5 Å². The van der Waals surface area contributed by atoms with E-state index < -0.39 is 20.8 Å². The van der Waals surface area contributed by atoms with Gasteiger partial charge in [0.25, 0.3) is 10.1 Å². The highest BCUT2D eigenvalue weighted by Crippen LogP contribution is 2.33. The SMILES string of the molecule is COc1cc(N)c(O)c(S(=O)(=O)O)c1. The zero-order valence-electron chi connectivity index (χ0n) is 7.26. The Hall–Kier alpha value is -1.47. The summed E-state index contributed by atoms with van der Waals surface area (Å²) in [5.41, 5.74) is 5.10. The first-order chi connectivity index (χ1) is 6.36. The fourth-order valence-electron chi connectivity index (χ4n) is 0.918. The highest BCUT2D eigenvalue weighted by Gasteiger charge is 2.18. The lowest BCUT2D eigenvalue weighted by Crippen LogP contribution is -2.01. The average molecular weight is 219 g/mol. The van der Waals surface area contributed by atoms with Gasteiger partial charge in [-0.3, -0.25) is 4.55 Å². The Labute approximate surface area is 80.7 Å². The number of hydrogen-bond acceptors (Lipinski definition) is 5. The van der Waals surface area contributed by atoms with Crippen LogP contribution in [0.2, 0.25) is 0 Å². The first-order valence-electron chi connectivity index (χ1n) is 3.50. The Morgan fingerprint density at radius 1 is 1.43 bits per heavy atom. The van der Waals surface area contributed by atoms with E-state index >= 15 is 0 Å². The number of nitrogen functional groups attached to an aromatic ring is 1. The van der Waals surface area contributed by atoms with Crippen molar-refractivity contribution in [2.24, 2.45) is 0 Å². The van der Waals surface area contributed by atoms with Crippen LogP contribution < -0.4 is 10.5 Å². The zero-order valence-corrected chi connectivity index (χ0v) is 8.08. The van der Waals surface area contributed by atoms with E-state index in [2.05, 4.69) is 0 Å². The largest absolute Gasteiger partial charge is 0.504 e. The van der Waals surface area contributed by atoms with Gasteiger partial charge in [-0.05, 0) is 0 Å². The molecule has 0 aromatic heterocycles. The molecule has 7 heteroatoms. The van der Waals surface area contributed by atoms with Gasteiger partial charge in [-0.25, -0.2) is 0 Å². The van der Waals surface area contributed by atoms with Gasteiger partial charge < -0.3 is 15.6 Å². The quantitative estimate of drug-likeness (QED) is 0.373. The molecule has 1 rings (SSSR count). The second-order valence-corrected chi connectivity index (χ2v) is 3.93. The fourth-order valence-corrected chi connectivity index (χ4v) is 1.54. The van der Waals surface area contributed by atoms with E-state index in [4.69, 9.17) is 15.0 Å². The molecule has 0 bridgehead atoms. The van der Waals surface area contributed by atoms with Crippen LogP contribution in [-0.2, 0) is 10.1 Å². The molecule has 1 aromatic carbocycles. The van der Waals surface area contributed by atoms with E-state index in [0.29, 0.717) is 0 Å². The molecule has 0 heterocycles. The Morgan fingerprint density at radius 2 is 2.00 bits per heavy atom. The topological polar surface area (TPSA) is 110 Å². The fraction of sp³-hybridized carbons (Fsp3) is 0.143. The molecule has 0 aliphatic carbocycles. The molecule has 0 spiro atoms. The molecule has 14 heavy (non-hydrogen) atoms. The van der Waals surface area contributed by atoms with Gasteiger partial charge >= 0.3 is 0 Å². The molecule has 6 nitrogen and oxygen atoms in total. The maximum absolute atomic E-state index is 10.8. The highest BCUT2D eigenvalue weighted by molar-refractivity contribution is 7.86. The molecular weight excluding hydrogens is 210 g/mol. The molecule has 0 unspecified atom stereocenters. The van der Waals surface area contributed by atoms with Gasteiger partial charge in [0.2, 0.25) is 0 Å². The molecule has 78 valence electrons. The van der Waals surface area contributed by atoms with Crippen molar-refractivity contribution in [2.75, 3.05) is 12.8 Å². The van der Waals surface area contributed by atoms with Gasteiger partial charge in [0, 0.05) is 12.1 Å². The molecule has 0 atom stereocenters. The van der Waals surface area contributed by atoms with Gasteiger partial charge in [0.1, 0.15) is 10.6 Å². The van der Waals surface area contributed by atoms with Gasteiger partial charge in [-0.15, -0.1) is 0 Å². The van der Waals surface area contributed by atoms with Crippen LogP contribution in [0.4, 0.5) is 5.69 Å². The Morgan fingerprint density at radius 3 is 2.43 bits per heavy atom. The summed E-state index contributed by atoms with van der Waals surface area (Å²) in [5, 5.41) is 9.23. The molecule has 0 aliphatic heterocycles. The summed E-state index contributed by atoms with van der Waals surface area (Å²) < 4.78 is 35.0. The maximum Gasteiger partial charge on any atom is 0.298 e. The van der Waals surface area contributed by atoms with Gasteiger partial charge in [0.15, 0.2) is 5.75 Å². The third kappa shape index (κ3) is 1.88. The van der Waals surface area contributed by atoms with E-state index in [0.717, 1.165) is 6.07 Å². The van der Waals surface area contributed by atoms with Crippen molar-refractivity contribution in [1.29, 1.82) is 0 Å². The molecule has 0 saturated carbocycles.